The Morgan fingerprint density at radius 1 is 1.03 bits per heavy atom. The molecule has 1 atom stereocenters. The van der Waals surface area contributed by atoms with Gasteiger partial charge in [0.15, 0.2) is 0 Å². The van der Waals surface area contributed by atoms with Gasteiger partial charge in [-0.2, -0.15) is 4.31 Å². The summed E-state index contributed by atoms with van der Waals surface area (Å²) in [6, 6.07) is 10.4. The summed E-state index contributed by atoms with van der Waals surface area (Å²) in [5.74, 6) is -0.817. The molecule has 0 fully saturated rings. The minimum Gasteiger partial charge on any atom is -0.334 e. The minimum atomic E-state index is -3.67. The number of hydrogen-bond acceptors (Lipinski definition) is 4. The average molecular weight is 479 g/mol. The van der Waals surface area contributed by atoms with Gasteiger partial charge in [0.2, 0.25) is 15.9 Å². The number of benzene rings is 2. The fourth-order valence-corrected chi connectivity index (χ4v) is 4.73. The molecule has 0 aliphatic heterocycles. The molecule has 1 unspecified atom stereocenters. The van der Waals surface area contributed by atoms with Crippen molar-refractivity contribution in [2.45, 2.75) is 51.1 Å². The molecule has 33 heavy (non-hydrogen) atoms. The van der Waals surface area contributed by atoms with E-state index in [0.717, 1.165) is 0 Å². The van der Waals surface area contributed by atoms with E-state index in [1.165, 1.54) is 28.6 Å². The highest BCUT2D eigenvalue weighted by molar-refractivity contribution is 7.89. The van der Waals surface area contributed by atoms with Crippen LogP contribution in [0.5, 0.6) is 0 Å². The van der Waals surface area contributed by atoms with Crippen molar-refractivity contribution >= 4 is 27.6 Å². The standard InChI is InChI=1S/C23H31FN4O4S/c1-4-8-21(27-23(30)25-16-17-11-13-18(24)14-12-17)22(29)26-19-9-7-10-20(15-19)33(31,32)28(5-2)6-3/h7,9-15,21H,4-6,8,16H2,1-3H3,(H,26,29)(H2,25,27,30). The number of hydrogen-bond donors (Lipinski definition) is 3. The SMILES string of the molecule is CCCC(NC(=O)NCc1ccc(F)cc1)C(=O)Nc1cccc(S(=O)(=O)N(CC)CC)c1. The summed E-state index contributed by atoms with van der Waals surface area (Å²) in [6.07, 6.45) is 1.04. The smallest absolute Gasteiger partial charge is 0.315 e. The molecule has 180 valence electrons. The van der Waals surface area contributed by atoms with Crippen molar-refractivity contribution in [3.05, 3.63) is 59.9 Å². The molecule has 2 rings (SSSR count). The number of nitrogens with one attached hydrogen (secondary N) is 3. The first-order chi connectivity index (χ1) is 15.7. The Kier molecular flexibility index (Phi) is 9.80. The summed E-state index contributed by atoms with van der Waals surface area (Å²) < 4.78 is 39.8. The number of carbonyl (C=O) groups excluding carboxylic acids is 2. The third-order valence-corrected chi connectivity index (χ3v) is 7.06. The summed E-state index contributed by atoms with van der Waals surface area (Å²) >= 11 is 0. The van der Waals surface area contributed by atoms with Crippen LogP contribution in [-0.2, 0) is 21.4 Å². The maximum Gasteiger partial charge on any atom is 0.315 e. The lowest BCUT2D eigenvalue weighted by atomic mass is 10.1. The van der Waals surface area contributed by atoms with E-state index in [1.54, 1.807) is 38.1 Å². The van der Waals surface area contributed by atoms with Crippen LogP contribution in [0.25, 0.3) is 0 Å². The van der Waals surface area contributed by atoms with Crippen molar-refractivity contribution in [3.63, 3.8) is 0 Å². The Morgan fingerprint density at radius 3 is 2.30 bits per heavy atom. The number of anilines is 1. The van der Waals surface area contributed by atoms with E-state index in [4.69, 9.17) is 0 Å². The number of nitrogens with zero attached hydrogens (tertiary/aromatic N) is 1. The van der Waals surface area contributed by atoms with Gasteiger partial charge in [0.05, 0.1) is 4.90 Å². The lowest BCUT2D eigenvalue weighted by Crippen LogP contribution is -2.47. The monoisotopic (exact) mass is 478 g/mol. The van der Waals surface area contributed by atoms with Gasteiger partial charge in [-0.15, -0.1) is 0 Å². The molecule has 0 bridgehead atoms. The largest absolute Gasteiger partial charge is 0.334 e. The first kappa shape index (κ1) is 26.3. The van der Waals surface area contributed by atoms with Crippen LogP contribution in [0.2, 0.25) is 0 Å². The minimum absolute atomic E-state index is 0.0843. The second-order valence-electron chi connectivity index (χ2n) is 7.40. The van der Waals surface area contributed by atoms with E-state index in [1.807, 2.05) is 6.92 Å². The van der Waals surface area contributed by atoms with Gasteiger partial charge < -0.3 is 16.0 Å². The molecule has 0 saturated heterocycles. The van der Waals surface area contributed by atoms with E-state index in [9.17, 15) is 22.4 Å². The lowest BCUT2D eigenvalue weighted by Gasteiger charge is -2.20. The van der Waals surface area contributed by atoms with Gasteiger partial charge in [0.25, 0.3) is 0 Å². The Balaban J connectivity index is 2.04. The Morgan fingerprint density at radius 2 is 1.70 bits per heavy atom. The summed E-state index contributed by atoms with van der Waals surface area (Å²) in [4.78, 5) is 25.2. The molecule has 3 amide bonds. The van der Waals surface area contributed by atoms with Gasteiger partial charge in [0.1, 0.15) is 11.9 Å². The summed E-state index contributed by atoms with van der Waals surface area (Å²) in [6.45, 7) is 6.26. The number of rotatable bonds is 11. The van der Waals surface area contributed by atoms with Crippen LogP contribution in [0.1, 0.15) is 39.2 Å². The zero-order chi connectivity index (χ0) is 24.4. The summed E-state index contributed by atoms with van der Waals surface area (Å²) in [7, 11) is -3.67. The van der Waals surface area contributed by atoms with Gasteiger partial charge >= 0.3 is 6.03 Å². The third kappa shape index (κ3) is 7.54. The fourth-order valence-electron chi connectivity index (χ4n) is 3.23. The van der Waals surface area contributed by atoms with Crippen molar-refractivity contribution in [2.75, 3.05) is 18.4 Å². The Hall–Kier alpha value is -2.98. The number of amides is 3. The zero-order valence-corrected chi connectivity index (χ0v) is 19.9. The summed E-state index contributed by atoms with van der Waals surface area (Å²) in [5, 5.41) is 7.97. The highest BCUT2D eigenvalue weighted by Crippen LogP contribution is 2.20. The fraction of sp³-hybridized carbons (Fsp3) is 0.391. The van der Waals surface area contributed by atoms with Crippen LogP contribution in [-0.4, -0.2) is 43.8 Å². The van der Waals surface area contributed by atoms with Gasteiger partial charge in [-0.05, 0) is 42.3 Å². The molecule has 8 nitrogen and oxygen atoms in total. The lowest BCUT2D eigenvalue weighted by molar-refractivity contribution is -0.118. The first-order valence-electron chi connectivity index (χ1n) is 10.9. The molecule has 2 aromatic rings. The van der Waals surface area contributed by atoms with Crippen LogP contribution >= 0.6 is 0 Å². The second-order valence-corrected chi connectivity index (χ2v) is 9.34. The molecule has 0 radical (unpaired) electrons. The van der Waals surface area contributed by atoms with Crippen LogP contribution in [0, 0.1) is 5.82 Å². The van der Waals surface area contributed by atoms with Gasteiger partial charge in [0, 0.05) is 25.3 Å². The second kappa shape index (κ2) is 12.3. The molecule has 0 saturated carbocycles. The van der Waals surface area contributed by atoms with E-state index in [-0.39, 0.29) is 17.3 Å². The molecule has 0 aliphatic carbocycles. The van der Waals surface area contributed by atoms with Crippen molar-refractivity contribution in [3.8, 4) is 0 Å². The Labute approximate surface area is 194 Å². The third-order valence-electron chi connectivity index (χ3n) is 5.01. The van der Waals surface area contributed by atoms with Gasteiger partial charge in [-0.25, -0.2) is 17.6 Å². The van der Waals surface area contributed by atoms with E-state index in [2.05, 4.69) is 16.0 Å². The number of carbonyl (C=O) groups is 2. The number of sulfonamides is 1. The zero-order valence-electron chi connectivity index (χ0n) is 19.1. The molecule has 3 N–H and O–H groups in total. The quantitative estimate of drug-likeness (QED) is 0.460. The van der Waals surface area contributed by atoms with Crippen molar-refractivity contribution in [1.82, 2.24) is 14.9 Å². The van der Waals surface area contributed by atoms with Crippen molar-refractivity contribution < 1.29 is 22.4 Å². The van der Waals surface area contributed by atoms with Crippen LogP contribution in [0.15, 0.2) is 53.4 Å². The molecule has 0 aromatic heterocycles. The first-order valence-corrected chi connectivity index (χ1v) is 12.3. The average Bonchev–Trinajstić information content (AvgIpc) is 2.79. The predicted molar refractivity (Wildman–Crippen MR) is 126 cm³/mol. The molecule has 2 aromatic carbocycles. The Bertz CT molecular complexity index is 1040. The molecule has 0 spiro atoms. The highest BCUT2D eigenvalue weighted by atomic mass is 32.2. The van der Waals surface area contributed by atoms with Crippen LogP contribution < -0.4 is 16.0 Å². The van der Waals surface area contributed by atoms with Gasteiger partial charge in [-0.3, -0.25) is 4.79 Å². The van der Waals surface area contributed by atoms with Crippen LogP contribution in [0.3, 0.4) is 0 Å². The molecule has 0 heterocycles. The van der Waals surface area contributed by atoms with E-state index < -0.39 is 28.0 Å². The van der Waals surface area contributed by atoms with E-state index >= 15 is 0 Å². The van der Waals surface area contributed by atoms with Crippen molar-refractivity contribution in [2.24, 2.45) is 0 Å². The number of urea groups is 1. The molecular weight excluding hydrogens is 447 g/mol. The topological polar surface area (TPSA) is 108 Å². The number of halogens is 1. The predicted octanol–water partition coefficient (Wildman–Crippen LogP) is 3.46. The molecular formula is C23H31FN4O4S. The molecule has 10 heteroatoms. The normalized spacial score (nSPS) is 12.3. The van der Waals surface area contributed by atoms with E-state index in [0.29, 0.717) is 37.2 Å². The summed E-state index contributed by atoms with van der Waals surface area (Å²) in [5.41, 5.74) is 1.04. The maximum absolute atomic E-state index is 13.0. The van der Waals surface area contributed by atoms with Crippen LogP contribution in [0.4, 0.5) is 14.9 Å². The van der Waals surface area contributed by atoms with Crippen molar-refractivity contribution in [1.29, 1.82) is 0 Å². The maximum atomic E-state index is 13.0. The highest BCUT2D eigenvalue weighted by Gasteiger charge is 2.23. The molecule has 0 aliphatic rings. The van der Waals surface area contributed by atoms with Gasteiger partial charge in [-0.1, -0.05) is 45.4 Å².